The summed E-state index contributed by atoms with van der Waals surface area (Å²) >= 11 is 0. The van der Waals surface area contributed by atoms with Crippen LogP contribution in [0.4, 0.5) is 5.95 Å². The van der Waals surface area contributed by atoms with Gasteiger partial charge in [0.15, 0.2) is 17.4 Å². The second kappa shape index (κ2) is 8.19. The van der Waals surface area contributed by atoms with Crippen molar-refractivity contribution in [1.82, 2.24) is 19.5 Å². The highest BCUT2D eigenvalue weighted by Gasteiger charge is 2.56. The number of aromatic nitrogens is 4. The number of hydrogen-bond donors (Lipinski definition) is 2. The Hall–Kier alpha value is -3.27. The molecule has 3 N–H and O–H groups in total. The van der Waals surface area contributed by atoms with Crippen molar-refractivity contribution in [2.75, 3.05) is 19.5 Å². The number of nitrogens with two attached hydrogens (primary N) is 1. The van der Waals surface area contributed by atoms with Crippen molar-refractivity contribution in [2.24, 2.45) is 5.41 Å². The Bertz CT molecular complexity index is 1340. The summed E-state index contributed by atoms with van der Waals surface area (Å²) in [6.07, 6.45) is -1.99. The van der Waals surface area contributed by atoms with Gasteiger partial charge in [-0.1, -0.05) is 18.2 Å². The van der Waals surface area contributed by atoms with Crippen molar-refractivity contribution in [1.29, 1.82) is 5.26 Å². The monoisotopic (exact) mass is 488 g/mol. The minimum absolute atomic E-state index is 0.0457. The van der Waals surface area contributed by atoms with Crippen LogP contribution in [0, 0.1) is 16.7 Å². The lowest BCUT2D eigenvalue weighted by Crippen LogP contribution is -2.37. The van der Waals surface area contributed by atoms with Gasteiger partial charge in [0.25, 0.3) is 0 Å². The Kier molecular flexibility index (Phi) is 5.43. The number of fused-ring (bicyclic) bond motifs is 2. The topological polar surface area (TPSA) is 177 Å². The molecule has 5 atom stereocenters. The molecule has 2 aliphatic rings. The van der Waals surface area contributed by atoms with Crippen LogP contribution < -0.4 is 15.0 Å². The maximum absolute atomic E-state index is 13.0. The lowest BCUT2D eigenvalue weighted by Gasteiger charge is -2.26. The summed E-state index contributed by atoms with van der Waals surface area (Å²) in [7, 11) is -2.54. The zero-order valence-corrected chi connectivity index (χ0v) is 19.1. The van der Waals surface area contributed by atoms with Gasteiger partial charge in [0.2, 0.25) is 11.8 Å². The predicted molar refractivity (Wildman–Crippen MR) is 115 cm³/mol. The average Bonchev–Trinajstić information content (AvgIpc) is 3.36. The first-order valence-electron chi connectivity index (χ1n) is 10.2. The molecule has 13 nitrogen and oxygen atoms in total. The molecule has 1 fully saturated rings. The number of methoxy groups -OCH3 is 1. The van der Waals surface area contributed by atoms with Crippen molar-refractivity contribution < 1.29 is 32.7 Å². The molecule has 0 bridgehead atoms. The van der Waals surface area contributed by atoms with Crippen molar-refractivity contribution in [3.8, 4) is 17.7 Å². The van der Waals surface area contributed by atoms with E-state index in [0.717, 1.165) is 5.56 Å². The smallest absolute Gasteiger partial charge is 0.479 e. The fourth-order valence-electron chi connectivity index (χ4n) is 3.98. The number of anilines is 1. The molecule has 2 aliphatic heterocycles. The van der Waals surface area contributed by atoms with Gasteiger partial charge in [0.05, 0.1) is 32.7 Å². The summed E-state index contributed by atoms with van der Waals surface area (Å²) in [5, 5.41) is 20.9. The molecule has 1 saturated heterocycles. The molecule has 3 aromatic rings. The Balaban J connectivity index is 1.40. The number of benzene rings is 1. The number of phosphoric acid groups is 1. The third kappa shape index (κ3) is 3.56. The average molecular weight is 488 g/mol. The van der Waals surface area contributed by atoms with Gasteiger partial charge in [-0.05, 0) is 13.0 Å². The second-order valence-electron chi connectivity index (χ2n) is 8.00. The van der Waals surface area contributed by atoms with E-state index in [9.17, 15) is 14.9 Å². The number of para-hydroxylation sites is 1. The quantitative estimate of drug-likeness (QED) is 0.500. The van der Waals surface area contributed by atoms with Crippen LogP contribution in [0.25, 0.3) is 11.2 Å². The van der Waals surface area contributed by atoms with Crippen LogP contribution >= 0.6 is 7.82 Å². The second-order valence-corrected chi connectivity index (χ2v) is 9.59. The molecule has 0 amide bonds. The summed E-state index contributed by atoms with van der Waals surface area (Å²) in [5.41, 5.74) is 5.64. The number of nitrogens with zero attached hydrogens (tertiary/aromatic N) is 5. The number of nitrogen functional groups attached to an aromatic ring is 1. The van der Waals surface area contributed by atoms with E-state index in [1.807, 2.05) is 6.07 Å². The number of imidazole rings is 1. The van der Waals surface area contributed by atoms with Gasteiger partial charge in [-0.25, -0.2) is 9.55 Å². The molecular weight excluding hydrogens is 467 g/mol. The van der Waals surface area contributed by atoms with E-state index in [-0.39, 0.29) is 30.7 Å². The van der Waals surface area contributed by atoms with Crippen LogP contribution in [0.2, 0.25) is 0 Å². The molecule has 0 radical (unpaired) electrons. The maximum Gasteiger partial charge on any atom is 0.530 e. The summed E-state index contributed by atoms with van der Waals surface area (Å²) in [5.74, 6) is 0.484. The predicted octanol–water partition coefficient (Wildman–Crippen LogP) is 1.94. The van der Waals surface area contributed by atoms with Crippen molar-refractivity contribution in [3.05, 3.63) is 36.2 Å². The van der Waals surface area contributed by atoms with Gasteiger partial charge >= 0.3 is 7.82 Å². The van der Waals surface area contributed by atoms with Crippen molar-refractivity contribution in [2.45, 2.75) is 32.0 Å². The van der Waals surface area contributed by atoms with Gasteiger partial charge in [-0.3, -0.25) is 13.6 Å². The molecule has 5 rings (SSSR count). The molecule has 4 heterocycles. The molecule has 0 spiro atoms. The minimum atomic E-state index is -3.96. The van der Waals surface area contributed by atoms with E-state index in [4.69, 9.17) is 28.8 Å². The lowest BCUT2D eigenvalue weighted by molar-refractivity contribution is -0.0478. The highest BCUT2D eigenvalue weighted by molar-refractivity contribution is 7.49. The maximum atomic E-state index is 13.0. The number of hydrogen-bond acceptors (Lipinski definition) is 12. The Morgan fingerprint density at radius 2 is 2.21 bits per heavy atom. The molecular formula is C20H21N6O7P. The number of ether oxygens (including phenoxy) is 2. The molecule has 178 valence electrons. The van der Waals surface area contributed by atoms with Crippen molar-refractivity contribution in [3.63, 3.8) is 0 Å². The van der Waals surface area contributed by atoms with Crippen molar-refractivity contribution >= 4 is 24.9 Å². The largest absolute Gasteiger partial charge is 0.530 e. The van der Waals surface area contributed by atoms with E-state index in [1.54, 1.807) is 18.2 Å². The normalized spacial score (nSPS) is 30.5. The molecule has 2 unspecified atom stereocenters. The van der Waals surface area contributed by atoms with Gasteiger partial charge in [0, 0.05) is 5.56 Å². The Morgan fingerprint density at radius 1 is 1.41 bits per heavy atom. The van der Waals surface area contributed by atoms with Crippen LogP contribution in [0.3, 0.4) is 0 Å². The van der Waals surface area contributed by atoms with E-state index in [2.05, 4.69) is 21.0 Å². The zero-order chi connectivity index (χ0) is 24.1. The van der Waals surface area contributed by atoms with Crippen LogP contribution in [0.5, 0.6) is 11.6 Å². The van der Waals surface area contributed by atoms with E-state index in [1.165, 1.54) is 24.9 Å². The van der Waals surface area contributed by atoms with Gasteiger partial charge in [-0.2, -0.15) is 15.2 Å². The summed E-state index contributed by atoms with van der Waals surface area (Å²) in [6.45, 7) is 1.22. The third-order valence-electron chi connectivity index (χ3n) is 5.83. The highest BCUT2D eigenvalue weighted by Crippen LogP contribution is 2.55. The first-order chi connectivity index (χ1) is 16.3. The van der Waals surface area contributed by atoms with E-state index in [0.29, 0.717) is 11.3 Å². The van der Waals surface area contributed by atoms with Crippen LogP contribution in [-0.2, 0) is 25.0 Å². The minimum Gasteiger partial charge on any atom is -0.479 e. The lowest BCUT2D eigenvalue weighted by atomic mass is 9.84. The van der Waals surface area contributed by atoms with Gasteiger partial charge in [0.1, 0.15) is 23.4 Å². The number of rotatable bonds is 5. The Labute approximate surface area is 193 Å². The number of aliphatic hydroxyl groups is 1. The van der Waals surface area contributed by atoms with Crippen LogP contribution in [-0.4, -0.2) is 50.6 Å². The Morgan fingerprint density at radius 3 is 2.97 bits per heavy atom. The zero-order valence-electron chi connectivity index (χ0n) is 18.2. The molecule has 0 aliphatic carbocycles. The number of phosphoric ester groups is 1. The SMILES string of the molecule is COc1nc(N)nc2c1ncn2C1O[C@H](COP2(=O)OCc3ccccc3O2)[C@@H](O)[C@@]1(C)C#N. The summed E-state index contributed by atoms with van der Waals surface area (Å²) in [6, 6.07) is 9.10. The molecule has 14 heteroatoms. The van der Waals surface area contributed by atoms with E-state index < -0.39 is 31.7 Å². The van der Waals surface area contributed by atoms with Gasteiger partial charge < -0.3 is 24.8 Å². The van der Waals surface area contributed by atoms with Crippen LogP contribution in [0.1, 0.15) is 18.7 Å². The molecule has 34 heavy (non-hydrogen) atoms. The summed E-state index contributed by atoms with van der Waals surface area (Å²) < 4.78 is 41.8. The molecule has 1 aromatic carbocycles. The van der Waals surface area contributed by atoms with Crippen LogP contribution in [0.15, 0.2) is 30.6 Å². The van der Waals surface area contributed by atoms with E-state index >= 15 is 0 Å². The standard InChI is InChI=1S/C20H21N6O7P/c1-20(9-21)15(27)13(8-31-34(28)30-7-11-5-3-4-6-12(11)33-34)32-18(20)26-10-23-14-16(26)24-19(22)25-17(14)29-2/h3-6,10,13,15,18,27H,7-8H2,1-2H3,(H2,22,24,25)/t13-,15-,18?,20-,34?/m1/s1. The number of aliphatic hydroxyl groups excluding tert-OH is 1. The fourth-order valence-corrected chi connectivity index (χ4v) is 5.20. The highest BCUT2D eigenvalue weighted by atomic mass is 31.2. The first-order valence-corrected chi connectivity index (χ1v) is 11.7. The first kappa shape index (κ1) is 22.5. The summed E-state index contributed by atoms with van der Waals surface area (Å²) in [4.78, 5) is 12.4. The fraction of sp³-hybridized carbons (Fsp3) is 0.400. The molecule has 0 saturated carbocycles. The number of nitriles is 1. The third-order valence-corrected chi connectivity index (χ3v) is 7.17. The van der Waals surface area contributed by atoms with Gasteiger partial charge in [-0.15, -0.1) is 0 Å². The molecule has 2 aromatic heterocycles.